The van der Waals surface area contributed by atoms with Crippen LogP contribution in [0.15, 0.2) is 18.2 Å². The molecular weight excluding hydrogens is 226 g/mol. The molecule has 0 aliphatic heterocycles. The Bertz CT molecular complexity index is 407. The van der Waals surface area contributed by atoms with Gasteiger partial charge in [-0.3, -0.25) is 4.79 Å². The Labute approximate surface area is 109 Å². The Morgan fingerprint density at radius 1 is 1.11 bits per heavy atom. The smallest absolute Gasteiger partial charge is 0.254 e. The lowest BCUT2D eigenvalue weighted by atomic mass is 10.1. The van der Waals surface area contributed by atoms with Gasteiger partial charge in [0.2, 0.25) is 0 Å². The van der Waals surface area contributed by atoms with Crippen LogP contribution in [0.5, 0.6) is 0 Å². The molecule has 4 heteroatoms. The first-order valence-corrected chi connectivity index (χ1v) is 6.28. The molecule has 100 valence electrons. The predicted octanol–water partition coefficient (Wildman–Crippen LogP) is 2.36. The Morgan fingerprint density at radius 3 is 2.00 bits per heavy atom. The molecule has 1 rings (SSSR count). The number of rotatable bonds is 4. The number of benzene rings is 1. The first-order chi connectivity index (χ1) is 8.31. The van der Waals surface area contributed by atoms with Crippen molar-refractivity contribution >= 4 is 17.3 Å². The van der Waals surface area contributed by atoms with E-state index in [4.69, 9.17) is 11.5 Å². The van der Waals surface area contributed by atoms with Crippen molar-refractivity contribution in [2.45, 2.75) is 33.7 Å². The number of nitrogens with two attached hydrogens (primary N) is 2. The molecule has 0 heterocycles. The van der Waals surface area contributed by atoms with Crippen LogP contribution in [0.2, 0.25) is 0 Å². The van der Waals surface area contributed by atoms with Crippen molar-refractivity contribution in [1.29, 1.82) is 0 Å². The molecule has 0 radical (unpaired) electrons. The van der Waals surface area contributed by atoms with E-state index in [1.165, 1.54) is 0 Å². The third-order valence-electron chi connectivity index (χ3n) is 2.67. The zero-order valence-electron chi connectivity index (χ0n) is 11.6. The van der Waals surface area contributed by atoms with E-state index in [0.29, 0.717) is 22.9 Å². The van der Waals surface area contributed by atoms with Crippen LogP contribution in [0.1, 0.15) is 38.1 Å². The second kappa shape index (κ2) is 5.76. The Balaban J connectivity index is 3.01. The van der Waals surface area contributed by atoms with Gasteiger partial charge in [0, 0.05) is 29.5 Å². The minimum Gasteiger partial charge on any atom is -0.399 e. The average molecular weight is 249 g/mol. The van der Waals surface area contributed by atoms with Crippen molar-refractivity contribution in [3.8, 4) is 0 Å². The van der Waals surface area contributed by atoms with Gasteiger partial charge >= 0.3 is 0 Å². The lowest BCUT2D eigenvalue weighted by Gasteiger charge is -2.28. The normalized spacial score (nSPS) is 11.0. The summed E-state index contributed by atoms with van der Waals surface area (Å²) < 4.78 is 0. The van der Waals surface area contributed by atoms with Crippen molar-refractivity contribution in [2.24, 2.45) is 5.92 Å². The summed E-state index contributed by atoms with van der Waals surface area (Å²) in [5.74, 6) is 0.410. The molecule has 0 aromatic heterocycles. The topological polar surface area (TPSA) is 72.3 Å². The maximum Gasteiger partial charge on any atom is 0.254 e. The molecule has 4 N–H and O–H groups in total. The van der Waals surface area contributed by atoms with E-state index in [1.54, 1.807) is 18.2 Å². The number of nitrogens with zero attached hydrogens (tertiary/aromatic N) is 1. The van der Waals surface area contributed by atoms with Gasteiger partial charge in [-0.05, 0) is 38.0 Å². The molecule has 0 aliphatic carbocycles. The molecule has 0 spiro atoms. The maximum atomic E-state index is 12.4. The third kappa shape index (κ3) is 3.65. The molecule has 0 saturated heterocycles. The molecule has 18 heavy (non-hydrogen) atoms. The van der Waals surface area contributed by atoms with E-state index in [9.17, 15) is 4.79 Å². The molecular formula is C14H23N3O. The fourth-order valence-electron chi connectivity index (χ4n) is 1.89. The highest BCUT2D eigenvalue weighted by Gasteiger charge is 2.20. The predicted molar refractivity (Wildman–Crippen MR) is 76.3 cm³/mol. The maximum absolute atomic E-state index is 12.4. The minimum absolute atomic E-state index is 0.0160. The molecule has 0 saturated carbocycles. The molecule has 4 nitrogen and oxygen atoms in total. The zero-order valence-corrected chi connectivity index (χ0v) is 11.6. The number of amides is 1. The number of hydrogen-bond acceptors (Lipinski definition) is 3. The van der Waals surface area contributed by atoms with Crippen LogP contribution >= 0.6 is 0 Å². The molecule has 0 unspecified atom stereocenters. The summed E-state index contributed by atoms with van der Waals surface area (Å²) in [5, 5.41) is 0. The Morgan fingerprint density at radius 2 is 1.61 bits per heavy atom. The minimum atomic E-state index is -0.0160. The Hall–Kier alpha value is -1.71. The van der Waals surface area contributed by atoms with Crippen LogP contribution in [0.25, 0.3) is 0 Å². The van der Waals surface area contributed by atoms with E-state index in [-0.39, 0.29) is 11.9 Å². The Kier molecular flexibility index (Phi) is 4.59. The molecule has 1 aromatic rings. The van der Waals surface area contributed by atoms with Gasteiger partial charge < -0.3 is 16.4 Å². The summed E-state index contributed by atoms with van der Waals surface area (Å²) in [5.41, 5.74) is 13.0. The summed E-state index contributed by atoms with van der Waals surface area (Å²) >= 11 is 0. The van der Waals surface area contributed by atoms with Gasteiger partial charge in [-0.2, -0.15) is 0 Å². The highest BCUT2D eigenvalue weighted by atomic mass is 16.2. The number of anilines is 2. The highest BCUT2D eigenvalue weighted by Crippen LogP contribution is 2.17. The highest BCUT2D eigenvalue weighted by molar-refractivity contribution is 5.96. The van der Waals surface area contributed by atoms with Crippen molar-refractivity contribution < 1.29 is 4.79 Å². The van der Waals surface area contributed by atoms with Gasteiger partial charge in [-0.15, -0.1) is 0 Å². The number of hydrogen-bond donors (Lipinski definition) is 2. The fourth-order valence-corrected chi connectivity index (χ4v) is 1.89. The second-order valence-corrected chi connectivity index (χ2v) is 5.33. The van der Waals surface area contributed by atoms with Gasteiger partial charge in [0.1, 0.15) is 0 Å². The van der Waals surface area contributed by atoms with E-state index in [0.717, 1.165) is 6.54 Å². The first kappa shape index (κ1) is 14.4. The van der Waals surface area contributed by atoms with Crippen LogP contribution in [-0.4, -0.2) is 23.4 Å². The van der Waals surface area contributed by atoms with Crippen LogP contribution in [-0.2, 0) is 0 Å². The summed E-state index contributed by atoms with van der Waals surface area (Å²) in [4.78, 5) is 14.3. The SMILES string of the molecule is CC(C)CN(C(=O)c1cc(N)cc(N)c1)C(C)C. The fraction of sp³-hybridized carbons (Fsp3) is 0.500. The number of carbonyl (C=O) groups is 1. The second-order valence-electron chi connectivity index (χ2n) is 5.33. The summed E-state index contributed by atoms with van der Waals surface area (Å²) in [6.45, 7) is 8.93. The van der Waals surface area contributed by atoms with Crippen molar-refractivity contribution in [3.63, 3.8) is 0 Å². The van der Waals surface area contributed by atoms with Crippen molar-refractivity contribution in [2.75, 3.05) is 18.0 Å². The third-order valence-corrected chi connectivity index (χ3v) is 2.67. The number of carbonyl (C=O) groups excluding carboxylic acids is 1. The van der Waals surface area contributed by atoms with Gasteiger partial charge in [0.05, 0.1) is 0 Å². The number of nitrogen functional groups attached to an aromatic ring is 2. The molecule has 0 aliphatic rings. The first-order valence-electron chi connectivity index (χ1n) is 6.28. The van der Waals surface area contributed by atoms with Gasteiger partial charge in [-0.1, -0.05) is 13.8 Å². The largest absolute Gasteiger partial charge is 0.399 e. The van der Waals surface area contributed by atoms with Gasteiger partial charge in [0.15, 0.2) is 0 Å². The van der Waals surface area contributed by atoms with Crippen LogP contribution < -0.4 is 11.5 Å². The standard InChI is InChI=1S/C14H23N3O/c1-9(2)8-17(10(3)4)14(18)11-5-12(15)7-13(16)6-11/h5-7,9-10H,8,15-16H2,1-4H3. The lowest BCUT2D eigenvalue weighted by Crippen LogP contribution is -2.39. The van der Waals surface area contributed by atoms with E-state index < -0.39 is 0 Å². The molecule has 0 bridgehead atoms. The monoisotopic (exact) mass is 249 g/mol. The van der Waals surface area contributed by atoms with Crippen molar-refractivity contribution in [1.82, 2.24) is 4.90 Å². The quantitative estimate of drug-likeness (QED) is 0.805. The van der Waals surface area contributed by atoms with Crippen molar-refractivity contribution in [3.05, 3.63) is 23.8 Å². The van der Waals surface area contributed by atoms with Gasteiger partial charge in [0.25, 0.3) is 5.91 Å². The zero-order chi connectivity index (χ0) is 13.9. The molecule has 1 aromatic carbocycles. The molecule has 1 amide bonds. The van der Waals surface area contributed by atoms with Crippen LogP contribution in [0, 0.1) is 5.92 Å². The molecule has 0 atom stereocenters. The van der Waals surface area contributed by atoms with E-state index in [1.807, 2.05) is 18.7 Å². The van der Waals surface area contributed by atoms with Crippen LogP contribution in [0.3, 0.4) is 0 Å². The van der Waals surface area contributed by atoms with E-state index >= 15 is 0 Å². The van der Waals surface area contributed by atoms with E-state index in [2.05, 4.69) is 13.8 Å². The molecule has 0 fully saturated rings. The van der Waals surface area contributed by atoms with Gasteiger partial charge in [-0.25, -0.2) is 0 Å². The summed E-state index contributed by atoms with van der Waals surface area (Å²) in [7, 11) is 0. The summed E-state index contributed by atoms with van der Waals surface area (Å²) in [6.07, 6.45) is 0. The lowest BCUT2D eigenvalue weighted by molar-refractivity contribution is 0.0682. The summed E-state index contributed by atoms with van der Waals surface area (Å²) in [6, 6.07) is 5.16. The average Bonchev–Trinajstić information content (AvgIpc) is 2.23. The van der Waals surface area contributed by atoms with Crippen LogP contribution in [0.4, 0.5) is 11.4 Å².